The van der Waals surface area contributed by atoms with Crippen LogP contribution in [0.4, 0.5) is 0 Å². The van der Waals surface area contributed by atoms with Gasteiger partial charge in [0.25, 0.3) is 0 Å². The highest BCUT2D eigenvalue weighted by Gasteiger charge is 2.08. The molecule has 2 nitrogen and oxygen atoms in total. The van der Waals surface area contributed by atoms with E-state index in [9.17, 15) is 0 Å². The van der Waals surface area contributed by atoms with Crippen molar-refractivity contribution < 1.29 is 5.11 Å². The minimum absolute atomic E-state index is 0.286. The number of hydrogen-bond donors (Lipinski definition) is 1. The summed E-state index contributed by atoms with van der Waals surface area (Å²) in [5, 5.41) is 8.86. The maximum Gasteiger partial charge on any atom is 0.0443 e. The van der Waals surface area contributed by atoms with Crippen LogP contribution < -0.4 is 0 Å². The third-order valence-electron chi connectivity index (χ3n) is 2.86. The topological polar surface area (TPSA) is 23.5 Å². The van der Waals surface area contributed by atoms with Crippen molar-refractivity contribution in [3.8, 4) is 0 Å². The summed E-state index contributed by atoms with van der Waals surface area (Å²) in [4.78, 5) is 2.42. The van der Waals surface area contributed by atoms with E-state index in [1.807, 2.05) is 0 Å². The van der Waals surface area contributed by atoms with Gasteiger partial charge in [-0.05, 0) is 32.3 Å². The normalized spacial score (nSPS) is 11.3. The molecule has 90 valence electrons. The van der Waals surface area contributed by atoms with E-state index in [1.54, 1.807) is 0 Å². The van der Waals surface area contributed by atoms with Crippen LogP contribution in [0.5, 0.6) is 0 Å². The monoisotopic (exact) mass is 221 g/mol. The maximum absolute atomic E-state index is 8.86. The number of aliphatic hydroxyl groups excluding tert-OH is 1. The summed E-state index contributed by atoms with van der Waals surface area (Å²) in [6, 6.07) is 11.1. The second-order valence-electron chi connectivity index (χ2n) is 4.44. The van der Waals surface area contributed by atoms with Crippen LogP contribution in [0, 0.1) is 0 Å². The summed E-state index contributed by atoms with van der Waals surface area (Å²) < 4.78 is 0. The molecule has 0 unspecified atom stereocenters. The molecule has 0 aliphatic rings. The molecule has 0 fully saturated rings. The van der Waals surface area contributed by atoms with Crippen LogP contribution in [0.3, 0.4) is 0 Å². The quantitative estimate of drug-likeness (QED) is 0.764. The van der Waals surface area contributed by atoms with Crippen LogP contribution in [-0.2, 0) is 6.42 Å². The van der Waals surface area contributed by atoms with Gasteiger partial charge in [-0.1, -0.05) is 30.3 Å². The van der Waals surface area contributed by atoms with E-state index in [-0.39, 0.29) is 6.61 Å². The minimum Gasteiger partial charge on any atom is -0.396 e. The van der Waals surface area contributed by atoms with Gasteiger partial charge in [0.2, 0.25) is 0 Å². The van der Waals surface area contributed by atoms with E-state index in [0.29, 0.717) is 6.04 Å². The first kappa shape index (κ1) is 13.2. The van der Waals surface area contributed by atoms with Crippen LogP contribution in [-0.4, -0.2) is 35.7 Å². The number of aliphatic hydroxyl groups is 1. The van der Waals surface area contributed by atoms with E-state index < -0.39 is 0 Å². The summed E-state index contributed by atoms with van der Waals surface area (Å²) >= 11 is 0. The largest absolute Gasteiger partial charge is 0.396 e. The van der Waals surface area contributed by atoms with E-state index in [1.165, 1.54) is 5.56 Å². The van der Waals surface area contributed by atoms with Gasteiger partial charge in [-0.15, -0.1) is 0 Å². The standard InChI is InChI=1S/C14H23NO/c1-13(2)15(10-6-12-16)11-9-14-7-4-3-5-8-14/h3-5,7-8,13,16H,6,9-12H2,1-2H3. The van der Waals surface area contributed by atoms with E-state index >= 15 is 0 Å². The Morgan fingerprint density at radius 2 is 1.81 bits per heavy atom. The summed E-state index contributed by atoms with van der Waals surface area (Å²) in [6.45, 7) is 6.77. The Morgan fingerprint density at radius 3 is 2.38 bits per heavy atom. The van der Waals surface area contributed by atoms with Crippen molar-refractivity contribution in [1.82, 2.24) is 4.90 Å². The molecule has 0 radical (unpaired) electrons. The molecule has 1 aromatic rings. The van der Waals surface area contributed by atoms with Crippen LogP contribution in [0.15, 0.2) is 30.3 Å². The molecule has 0 heterocycles. The first-order valence-corrected chi connectivity index (χ1v) is 6.13. The highest BCUT2D eigenvalue weighted by molar-refractivity contribution is 5.14. The SMILES string of the molecule is CC(C)N(CCCO)CCc1ccccc1. The van der Waals surface area contributed by atoms with Crippen molar-refractivity contribution in [1.29, 1.82) is 0 Å². The second-order valence-corrected chi connectivity index (χ2v) is 4.44. The Morgan fingerprint density at radius 1 is 1.12 bits per heavy atom. The molecule has 2 heteroatoms. The third-order valence-corrected chi connectivity index (χ3v) is 2.86. The zero-order valence-electron chi connectivity index (χ0n) is 10.4. The first-order valence-electron chi connectivity index (χ1n) is 6.13. The van der Waals surface area contributed by atoms with Gasteiger partial charge in [0.05, 0.1) is 0 Å². The Labute approximate surface area is 98.9 Å². The molecule has 1 aromatic carbocycles. The fraction of sp³-hybridized carbons (Fsp3) is 0.571. The minimum atomic E-state index is 0.286. The smallest absolute Gasteiger partial charge is 0.0443 e. The molecule has 0 atom stereocenters. The second kappa shape index (κ2) is 7.42. The molecule has 16 heavy (non-hydrogen) atoms. The molecule has 0 spiro atoms. The lowest BCUT2D eigenvalue weighted by molar-refractivity contribution is 0.193. The predicted molar refractivity (Wildman–Crippen MR) is 68.6 cm³/mol. The van der Waals surface area contributed by atoms with Gasteiger partial charge in [0.1, 0.15) is 0 Å². The number of benzene rings is 1. The molecule has 0 bridgehead atoms. The summed E-state index contributed by atoms with van der Waals surface area (Å²) in [7, 11) is 0. The highest BCUT2D eigenvalue weighted by atomic mass is 16.3. The van der Waals surface area contributed by atoms with Gasteiger partial charge in [-0.2, -0.15) is 0 Å². The average Bonchev–Trinajstić information content (AvgIpc) is 2.30. The molecule has 0 aliphatic carbocycles. The van der Waals surface area contributed by atoms with E-state index in [4.69, 9.17) is 5.11 Å². The van der Waals surface area contributed by atoms with Gasteiger partial charge in [-0.25, -0.2) is 0 Å². The van der Waals surface area contributed by atoms with Crippen LogP contribution in [0.1, 0.15) is 25.8 Å². The molecular formula is C14H23NO. The Balaban J connectivity index is 2.38. The molecule has 0 aliphatic heterocycles. The van der Waals surface area contributed by atoms with Gasteiger partial charge in [-0.3, -0.25) is 0 Å². The fourth-order valence-electron chi connectivity index (χ4n) is 1.82. The number of hydrogen-bond acceptors (Lipinski definition) is 2. The zero-order chi connectivity index (χ0) is 11.8. The van der Waals surface area contributed by atoms with Gasteiger partial charge in [0, 0.05) is 25.7 Å². The van der Waals surface area contributed by atoms with Crippen molar-refractivity contribution in [2.24, 2.45) is 0 Å². The molecule has 0 amide bonds. The number of rotatable bonds is 7. The van der Waals surface area contributed by atoms with Crippen molar-refractivity contribution in [3.63, 3.8) is 0 Å². The van der Waals surface area contributed by atoms with Crippen molar-refractivity contribution >= 4 is 0 Å². The fourth-order valence-corrected chi connectivity index (χ4v) is 1.82. The number of nitrogens with zero attached hydrogens (tertiary/aromatic N) is 1. The Kier molecular flexibility index (Phi) is 6.12. The van der Waals surface area contributed by atoms with Crippen LogP contribution in [0.2, 0.25) is 0 Å². The summed E-state index contributed by atoms with van der Waals surface area (Å²) in [6.07, 6.45) is 1.96. The van der Waals surface area contributed by atoms with Crippen molar-refractivity contribution in [3.05, 3.63) is 35.9 Å². The van der Waals surface area contributed by atoms with E-state index in [2.05, 4.69) is 49.1 Å². The van der Waals surface area contributed by atoms with Gasteiger partial charge < -0.3 is 10.0 Å². The zero-order valence-corrected chi connectivity index (χ0v) is 10.4. The molecular weight excluding hydrogens is 198 g/mol. The Bertz CT molecular complexity index is 271. The van der Waals surface area contributed by atoms with E-state index in [0.717, 1.165) is 25.9 Å². The Hall–Kier alpha value is -0.860. The highest BCUT2D eigenvalue weighted by Crippen LogP contribution is 2.05. The lowest BCUT2D eigenvalue weighted by Gasteiger charge is -2.26. The third kappa shape index (κ3) is 4.77. The molecule has 1 rings (SSSR count). The van der Waals surface area contributed by atoms with Crippen LogP contribution in [0.25, 0.3) is 0 Å². The van der Waals surface area contributed by atoms with Crippen molar-refractivity contribution in [2.45, 2.75) is 32.7 Å². The van der Waals surface area contributed by atoms with Gasteiger partial charge in [0.15, 0.2) is 0 Å². The molecule has 0 saturated heterocycles. The molecule has 0 aromatic heterocycles. The summed E-state index contributed by atoms with van der Waals surface area (Å²) in [5.41, 5.74) is 1.39. The first-order chi connectivity index (χ1) is 7.74. The average molecular weight is 221 g/mol. The van der Waals surface area contributed by atoms with Gasteiger partial charge >= 0.3 is 0 Å². The lowest BCUT2D eigenvalue weighted by Crippen LogP contribution is -2.34. The predicted octanol–water partition coefficient (Wildman–Crippen LogP) is 2.32. The molecule has 0 saturated carbocycles. The lowest BCUT2D eigenvalue weighted by atomic mass is 10.1. The van der Waals surface area contributed by atoms with Crippen LogP contribution >= 0.6 is 0 Å². The summed E-state index contributed by atoms with van der Waals surface area (Å²) in [5.74, 6) is 0. The molecule has 1 N–H and O–H groups in total. The maximum atomic E-state index is 8.86. The van der Waals surface area contributed by atoms with Crippen molar-refractivity contribution in [2.75, 3.05) is 19.7 Å².